The Labute approximate surface area is 198 Å². The molecule has 0 fully saturated rings. The Balaban J connectivity index is 4.03. The lowest BCUT2D eigenvalue weighted by Crippen LogP contribution is -2.43. The summed E-state index contributed by atoms with van der Waals surface area (Å²) in [7, 11) is 6.56. The van der Waals surface area contributed by atoms with Crippen LogP contribution >= 0.6 is 0 Å². The molecule has 0 aliphatic heterocycles. The van der Waals surface area contributed by atoms with Gasteiger partial charge in [0.15, 0.2) is 5.41 Å². The predicted octanol–water partition coefficient (Wildman–Crippen LogP) is 6.70. The molecule has 5 heteroatoms. The molecule has 0 saturated carbocycles. The molecule has 32 heavy (non-hydrogen) atoms. The van der Waals surface area contributed by atoms with Gasteiger partial charge in [-0.25, -0.2) is 0 Å². The average Bonchev–Trinajstić information content (AvgIpc) is 2.79. The Morgan fingerprint density at radius 3 is 1.56 bits per heavy atom. The molecule has 5 nitrogen and oxygen atoms in total. The van der Waals surface area contributed by atoms with Gasteiger partial charge in [-0.15, -0.1) is 0 Å². The first-order valence-electron chi connectivity index (χ1n) is 12.9. The molecular formula is C27H51NO4. The summed E-state index contributed by atoms with van der Waals surface area (Å²) in [6.07, 6.45) is 22.8. The van der Waals surface area contributed by atoms with Crippen LogP contribution < -0.4 is 0 Å². The van der Waals surface area contributed by atoms with Crippen molar-refractivity contribution < 1.29 is 19.1 Å². The molecule has 0 aromatic heterocycles. The molecule has 0 rings (SSSR count). The van der Waals surface area contributed by atoms with Crippen molar-refractivity contribution in [3.8, 4) is 0 Å². The number of allylic oxidation sites excluding steroid dienone is 2. The van der Waals surface area contributed by atoms with E-state index in [2.05, 4.69) is 19.1 Å². The van der Waals surface area contributed by atoms with Crippen LogP contribution in [0.2, 0.25) is 0 Å². The van der Waals surface area contributed by atoms with Gasteiger partial charge >= 0.3 is 11.9 Å². The summed E-state index contributed by atoms with van der Waals surface area (Å²) >= 11 is 0. The first kappa shape index (κ1) is 30.6. The first-order chi connectivity index (χ1) is 15.4. The third-order valence-corrected chi connectivity index (χ3v) is 6.25. The molecule has 0 saturated heterocycles. The second-order valence-corrected chi connectivity index (χ2v) is 9.31. The number of unbranched alkanes of at least 4 members (excludes halogenated alkanes) is 12. The van der Waals surface area contributed by atoms with Crippen molar-refractivity contribution in [1.29, 1.82) is 0 Å². The molecule has 188 valence electrons. The summed E-state index contributed by atoms with van der Waals surface area (Å²) in [5.41, 5.74) is -1.19. The quantitative estimate of drug-likeness (QED) is 0.0838. The topological polar surface area (TPSA) is 55.8 Å². The van der Waals surface area contributed by atoms with E-state index >= 15 is 0 Å². The van der Waals surface area contributed by atoms with E-state index in [1.54, 1.807) is 0 Å². The number of rotatable bonds is 21. The van der Waals surface area contributed by atoms with Gasteiger partial charge in [0.2, 0.25) is 0 Å². The van der Waals surface area contributed by atoms with E-state index in [9.17, 15) is 9.59 Å². The van der Waals surface area contributed by atoms with Crippen LogP contribution in [-0.2, 0) is 19.1 Å². The molecule has 0 atom stereocenters. The summed E-state index contributed by atoms with van der Waals surface area (Å²) in [4.78, 5) is 27.0. The number of ether oxygens (including phenoxy) is 2. The van der Waals surface area contributed by atoms with Gasteiger partial charge in [0.25, 0.3) is 0 Å². The van der Waals surface area contributed by atoms with Crippen molar-refractivity contribution in [1.82, 2.24) is 4.90 Å². The van der Waals surface area contributed by atoms with Crippen molar-refractivity contribution in [3.05, 3.63) is 12.2 Å². The Morgan fingerprint density at radius 2 is 1.12 bits per heavy atom. The summed E-state index contributed by atoms with van der Waals surface area (Å²) < 4.78 is 9.97. The van der Waals surface area contributed by atoms with E-state index in [-0.39, 0.29) is 0 Å². The molecular weight excluding hydrogens is 402 g/mol. The molecule has 0 unspecified atom stereocenters. The fraction of sp³-hybridized carbons (Fsp3) is 0.852. The van der Waals surface area contributed by atoms with Gasteiger partial charge in [0.05, 0.1) is 14.2 Å². The third-order valence-electron chi connectivity index (χ3n) is 6.25. The number of hydrogen-bond donors (Lipinski definition) is 0. The van der Waals surface area contributed by atoms with Crippen LogP contribution in [0.3, 0.4) is 0 Å². The first-order valence-corrected chi connectivity index (χ1v) is 12.9. The predicted molar refractivity (Wildman–Crippen MR) is 134 cm³/mol. The van der Waals surface area contributed by atoms with Gasteiger partial charge in [-0.2, -0.15) is 0 Å². The largest absolute Gasteiger partial charge is 0.468 e. The number of hydrogen-bond acceptors (Lipinski definition) is 5. The Morgan fingerprint density at radius 1 is 0.688 bits per heavy atom. The minimum absolute atomic E-state index is 0.421. The molecule has 0 N–H and O–H groups in total. The fourth-order valence-corrected chi connectivity index (χ4v) is 4.10. The molecule has 0 aromatic carbocycles. The van der Waals surface area contributed by atoms with Crippen LogP contribution in [-0.4, -0.2) is 51.7 Å². The highest BCUT2D eigenvalue weighted by Gasteiger charge is 2.47. The van der Waals surface area contributed by atoms with Crippen molar-refractivity contribution in [2.75, 3.05) is 34.9 Å². The number of carbonyl (C=O) groups is 2. The zero-order valence-electron chi connectivity index (χ0n) is 21.8. The molecule has 0 radical (unpaired) electrons. The zero-order chi connectivity index (χ0) is 24.1. The zero-order valence-corrected chi connectivity index (χ0v) is 21.8. The van der Waals surface area contributed by atoms with Crippen LogP contribution in [0.25, 0.3) is 0 Å². The lowest BCUT2D eigenvalue weighted by Gasteiger charge is -2.29. The van der Waals surface area contributed by atoms with Gasteiger partial charge in [0, 0.05) is 0 Å². The number of carbonyl (C=O) groups excluding carboxylic acids is 2. The van der Waals surface area contributed by atoms with Gasteiger partial charge in [-0.1, -0.05) is 83.3 Å². The molecule has 0 spiro atoms. The maximum atomic E-state index is 12.5. The molecule has 0 heterocycles. The minimum Gasteiger partial charge on any atom is -0.468 e. The van der Waals surface area contributed by atoms with Crippen LogP contribution in [0.4, 0.5) is 0 Å². The average molecular weight is 454 g/mol. The number of nitrogens with zero attached hydrogens (tertiary/aromatic N) is 1. The number of esters is 2. The van der Waals surface area contributed by atoms with Gasteiger partial charge in [0.1, 0.15) is 0 Å². The normalized spacial score (nSPS) is 11.9. The minimum atomic E-state index is -1.19. The van der Waals surface area contributed by atoms with E-state index in [0.29, 0.717) is 19.4 Å². The standard InChI is InChI=1S/C27H51NO4/c1-6-7-8-9-10-11-12-13-14-15-16-17-18-19-20-21-22-27(25(29)31-4,26(30)32-5)23-24-28(2)3/h13-14H,6-12,15-24H2,1-5H3/b14-13-. The second kappa shape index (κ2) is 20.3. The van der Waals surface area contributed by atoms with Crippen LogP contribution in [0.15, 0.2) is 12.2 Å². The van der Waals surface area contributed by atoms with Crippen molar-refractivity contribution in [2.24, 2.45) is 5.41 Å². The highest BCUT2D eigenvalue weighted by molar-refractivity contribution is 6.00. The van der Waals surface area contributed by atoms with E-state index in [1.165, 1.54) is 84.8 Å². The van der Waals surface area contributed by atoms with Crippen molar-refractivity contribution in [3.63, 3.8) is 0 Å². The molecule has 0 aromatic rings. The summed E-state index contributed by atoms with van der Waals surface area (Å²) in [6, 6.07) is 0. The molecule has 0 bridgehead atoms. The van der Waals surface area contributed by atoms with E-state index in [0.717, 1.165) is 19.3 Å². The lowest BCUT2D eigenvalue weighted by molar-refractivity contribution is -0.170. The van der Waals surface area contributed by atoms with E-state index in [4.69, 9.17) is 9.47 Å². The SMILES string of the molecule is CCCCCCCC/C=C\CCCCCCCCC(CCN(C)C)(C(=O)OC)C(=O)OC. The van der Waals surface area contributed by atoms with Gasteiger partial charge in [-0.3, -0.25) is 9.59 Å². The van der Waals surface area contributed by atoms with Crippen molar-refractivity contribution >= 4 is 11.9 Å². The van der Waals surface area contributed by atoms with E-state index in [1.807, 2.05) is 19.0 Å². The maximum absolute atomic E-state index is 12.5. The lowest BCUT2D eigenvalue weighted by atomic mass is 9.79. The Kier molecular flexibility index (Phi) is 19.4. The monoisotopic (exact) mass is 453 g/mol. The molecule has 0 amide bonds. The Hall–Kier alpha value is -1.36. The fourth-order valence-electron chi connectivity index (χ4n) is 4.10. The van der Waals surface area contributed by atoms with Crippen LogP contribution in [0.5, 0.6) is 0 Å². The maximum Gasteiger partial charge on any atom is 0.323 e. The molecule has 0 aliphatic carbocycles. The van der Waals surface area contributed by atoms with Crippen molar-refractivity contribution in [2.45, 2.75) is 110 Å². The van der Waals surface area contributed by atoms with Gasteiger partial charge in [-0.05, 0) is 59.2 Å². The van der Waals surface area contributed by atoms with E-state index < -0.39 is 17.4 Å². The smallest absolute Gasteiger partial charge is 0.323 e. The van der Waals surface area contributed by atoms with Crippen LogP contribution in [0, 0.1) is 5.41 Å². The third kappa shape index (κ3) is 13.9. The summed E-state index contributed by atoms with van der Waals surface area (Å²) in [6.45, 7) is 2.90. The second-order valence-electron chi connectivity index (χ2n) is 9.31. The van der Waals surface area contributed by atoms with Gasteiger partial charge < -0.3 is 14.4 Å². The summed E-state index contributed by atoms with van der Waals surface area (Å²) in [5, 5.41) is 0. The highest BCUT2D eigenvalue weighted by Crippen LogP contribution is 2.33. The Bertz CT molecular complexity index is 486. The number of methoxy groups -OCH3 is 2. The van der Waals surface area contributed by atoms with Crippen LogP contribution in [0.1, 0.15) is 110 Å². The highest BCUT2D eigenvalue weighted by atomic mass is 16.5. The summed E-state index contributed by atoms with van der Waals surface area (Å²) in [5.74, 6) is -0.946. The molecule has 0 aliphatic rings.